The number of phenols is 1. The van der Waals surface area contributed by atoms with Crippen molar-refractivity contribution in [3.8, 4) is 5.75 Å². The van der Waals surface area contributed by atoms with Crippen LogP contribution in [-0.4, -0.2) is 63.6 Å². The number of aliphatic carboxylic acids is 1. The van der Waals surface area contributed by atoms with E-state index in [0.717, 1.165) is 44.2 Å². The van der Waals surface area contributed by atoms with Gasteiger partial charge in [-0.3, -0.25) is 14.5 Å². The molecule has 2 heterocycles. The van der Waals surface area contributed by atoms with Crippen LogP contribution >= 0.6 is 15.9 Å². The number of carbonyl (C=O) groups is 2. The van der Waals surface area contributed by atoms with Gasteiger partial charge in [-0.1, -0.05) is 19.4 Å². The molecule has 1 aromatic carbocycles. The molecule has 6 nitrogen and oxygen atoms in total. The van der Waals surface area contributed by atoms with Crippen molar-refractivity contribution in [2.75, 3.05) is 19.6 Å². The predicted octanol–water partition coefficient (Wildman–Crippen LogP) is 3.26. The summed E-state index contributed by atoms with van der Waals surface area (Å²) in [6, 6.07) is 5.23. The normalized spacial score (nSPS) is 22.8. The van der Waals surface area contributed by atoms with E-state index in [0.29, 0.717) is 24.0 Å². The third-order valence-corrected chi connectivity index (χ3v) is 6.69. The van der Waals surface area contributed by atoms with Gasteiger partial charge in [-0.25, -0.2) is 0 Å². The lowest BCUT2D eigenvalue weighted by Gasteiger charge is -2.43. The number of piperidine rings is 2. The van der Waals surface area contributed by atoms with Gasteiger partial charge in [0.2, 0.25) is 5.91 Å². The van der Waals surface area contributed by atoms with E-state index in [1.807, 2.05) is 24.0 Å². The van der Waals surface area contributed by atoms with Gasteiger partial charge in [-0.2, -0.15) is 0 Å². The fourth-order valence-corrected chi connectivity index (χ4v) is 4.93. The summed E-state index contributed by atoms with van der Waals surface area (Å²) in [4.78, 5) is 28.5. The second-order valence-corrected chi connectivity index (χ2v) is 8.89. The molecule has 2 atom stereocenters. The number of rotatable bonds is 5. The van der Waals surface area contributed by atoms with Crippen LogP contribution in [0.2, 0.25) is 0 Å². The zero-order valence-corrected chi connectivity index (χ0v) is 17.9. The van der Waals surface area contributed by atoms with Crippen molar-refractivity contribution in [3.63, 3.8) is 0 Å². The van der Waals surface area contributed by atoms with E-state index in [1.54, 1.807) is 6.07 Å². The average Bonchev–Trinajstić information content (AvgIpc) is 2.70. The second kappa shape index (κ2) is 9.27. The minimum Gasteiger partial charge on any atom is -0.507 e. The van der Waals surface area contributed by atoms with E-state index in [9.17, 15) is 19.8 Å². The van der Waals surface area contributed by atoms with Gasteiger partial charge in [-0.05, 0) is 72.3 Å². The lowest BCUT2D eigenvalue weighted by Crippen LogP contribution is -2.54. The van der Waals surface area contributed by atoms with E-state index >= 15 is 0 Å². The van der Waals surface area contributed by atoms with Crippen LogP contribution in [-0.2, 0) is 16.0 Å². The Morgan fingerprint density at radius 1 is 1.18 bits per heavy atom. The summed E-state index contributed by atoms with van der Waals surface area (Å²) >= 11 is 3.32. The summed E-state index contributed by atoms with van der Waals surface area (Å²) in [5.41, 5.74) is 1.01. The number of carboxylic acid groups (broad SMARTS) is 1. The van der Waals surface area contributed by atoms with Gasteiger partial charge >= 0.3 is 5.97 Å². The highest BCUT2D eigenvalue weighted by Crippen LogP contribution is 2.28. The molecular weight excluding hydrogens is 424 g/mol. The first-order chi connectivity index (χ1) is 13.4. The Bertz CT molecular complexity index is 718. The van der Waals surface area contributed by atoms with Crippen LogP contribution in [0, 0.1) is 5.92 Å². The number of aromatic hydroxyl groups is 1. The van der Waals surface area contributed by atoms with Gasteiger partial charge < -0.3 is 15.1 Å². The molecule has 2 aliphatic heterocycles. The quantitative estimate of drug-likeness (QED) is 0.716. The number of amides is 1. The fraction of sp³-hybridized carbons (Fsp3) is 0.619. The molecule has 2 aliphatic rings. The first-order valence-electron chi connectivity index (χ1n) is 10.1. The summed E-state index contributed by atoms with van der Waals surface area (Å²) < 4.78 is 0.639. The van der Waals surface area contributed by atoms with E-state index in [-0.39, 0.29) is 29.7 Å². The Kier molecular flexibility index (Phi) is 6.99. The topological polar surface area (TPSA) is 81.1 Å². The third-order valence-electron chi connectivity index (χ3n) is 6.05. The third kappa shape index (κ3) is 4.87. The van der Waals surface area contributed by atoms with Gasteiger partial charge in [0.15, 0.2) is 0 Å². The molecule has 3 rings (SSSR count). The number of nitrogens with zero attached hydrogens (tertiary/aromatic N) is 2. The van der Waals surface area contributed by atoms with Crippen molar-refractivity contribution in [3.05, 3.63) is 28.2 Å². The van der Waals surface area contributed by atoms with Crippen LogP contribution in [0.1, 0.15) is 44.6 Å². The zero-order valence-electron chi connectivity index (χ0n) is 16.3. The minimum atomic E-state index is -0.716. The number of benzene rings is 1. The van der Waals surface area contributed by atoms with Gasteiger partial charge in [0.05, 0.1) is 4.47 Å². The van der Waals surface area contributed by atoms with Crippen LogP contribution in [0.25, 0.3) is 0 Å². The van der Waals surface area contributed by atoms with Crippen LogP contribution in [0.5, 0.6) is 5.75 Å². The molecule has 2 N–H and O–H groups in total. The molecule has 28 heavy (non-hydrogen) atoms. The smallest absolute Gasteiger partial charge is 0.320 e. The number of phenolic OH excluding ortho intramolecular Hbond substituents is 1. The minimum absolute atomic E-state index is 0.130. The van der Waals surface area contributed by atoms with Crippen molar-refractivity contribution >= 4 is 27.8 Å². The summed E-state index contributed by atoms with van der Waals surface area (Å²) in [5.74, 6) is -0.500. The SMILES string of the molecule is C[C@H](Cc1ccc(O)c(Br)c1)C(=O)N1CCC(N2CCCC[C@@H]2C(=O)O)CC1. The molecule has 1 aromatic rings. The fourth-order valence-electron chi connectivity index (χ4n) is 4.50. The average molecular weight is 453 g/mol. The number of carbonyl (C=O) groups excluding carboxylic acids is 1. The molecule has 0 aromatic heterocycles. The van der Waals surface area contributed by atoms with Gasteiger partial charge in [0, 0.05) is 25.0 Å². The maximum absolute atomic E-state index is 12.9. The van der Waals surface area contributed by atoms with Crippen molar-refractivity contribution < 1.29 is 19.8 Å². The monoisotopic (exact) mass is 452 g/mol. The number of carboxylic acids is 1. The molecule has 7 heteroatoms. The van der Waals surface area contributed by atoms with Crippen molar-refractivity contribution in [1.82, 2.24) is 9.80 Å². The van der Waals surface area contributed by atoms with Crippen molar-refractivity contribution in [2.24, 2.45) is 5.92 Å². The molecule has 0 saturated carbocycles. The zero-order chi connectivity index (χ0) is 20.3. The van der Waals surface area contributed by atoms with Crippen molar-refractivity contribution in [2.45, 2.75) is 57.5 Å². The molecule has 0 bridgehead atoms. The highest BCUT2D eigenvalue weighted by molar-refractivity contribution is 9.10. The summed E-state index contributed by atoms with van der Waals surface area (Å²) in [5, 5.41) is 19.1. The number of halogens is 1. The standard InChI is InChI=1S/C21H29BrN2O4/c1-14(12-15-5-6-19(25)17(22)13-15)20(26)23-10-7-16(8-11-23)24-9-3-2-4-18(24)21(27)28/h5-6,13-14,16,18,25H,2-4,7-12H2,1H3,(H,27,28)/t14-,18-/m1/s1. The molecule has 2 fully saturated rings. The van der Waals surface area contributed by atoms with E-state index < -0.39 is 5.97 Å². The Balaban J connectivity index is 1.54. The predicted molar refractivity (Wildman–Crippen MR) is 110 cm³/mol. The van der Waals surface area contributed by atoms with E-state index in [4.69, 9.17) is 0 Å². The summed E-state index contributed by atoms with van der Waals surface area (Å²) in [7, 11) is 0. The highest BCUT2D eigenvalue weighted by Gasteiger charge is 2.36. The molecule has 154 valence electrons. The number of hydrogen-bond acceptors (Lipinski definition) is 4. The second-order valence-electron chi connectivity index (χ2n) is 8.04. The van der Waals surface area contributed by atoms with Gasteiger partial charge in [0.25, 0.3) is 0 Å². The first-order valence-corrected chi connectivity index (χ1v) is 10.9. The number of hydrogen-bond donors (Lipinski definition) is 2. The van der Waals surface area contributed by atoms with E-state index in [2.05, 4.69) is 20.8 Å². The van der Waals surface area contributed by atoms with Gasteiger partial charge in [0.1, 0.15) is 11.8 Å². The molecule has 2 saturated heterocycles. The Labute approximate surface area is 174 Å². The van der Waals surface area contributed by atoms with Gasteiger partial charge in [-0.15, -0.1) is 0 Å². The molecule has 0 radical (unpaired) electrons. The lowest BCUT2D eigenvalue weighted by molar-refractivity contribution is -0.147. The largest absolute Gasteiger partial charge is 0.507 e. The van der Waals surface area contributed by atoms with E-state index in [1.165, 1.54) is 0 Å². The van der Waals surface area contributed by atoms with Crippen LogP contribution in [0.15, 0.2) is 22.7 Å². The molecule has 0 aliphatic carbocycles. The Morgan fingerprint density at radius 3 is 2.54 bits per heavy atom. The maximum Gasteiger partial charge on any atom is 0.320 e. The molecule has 0 spiro atoms. The summed E-state index contributed by atoms with van der Waals surface area (Å²) in [6.07, 6.45) is 5.08. The molecule has 0 unspecified atom stereocenters. The summed E-state index contributed by atoms with van der Waals surface area (Å²) in [6.45, 7) is 4.17. The maximum atomic E-state index is 12.9. The van der Waals surface area contributed by atoms with Crippen LogP contribution in [0.4, 0.5) is 0 Å². The number of likely N-dealkylation sites (tertiary alicyclic amines) is 2. The van der Waals surface area contributed by atoms with Crippen LogP contribution < -0.4 is 0 Å². The highest BCUT2D eigenvalue weighted by atomic mass is 79.9. The molecular formula is C21H29BrN2O4. The first kappa shape index (κ1) is 21.1. The van der Waals surface area contributed by atoms with Crippen molar-refractivity contribution in [1.29, 1.82) is 0 Å². The Morgan fingerprint density at radius 2 is 1.89 bits per heavy atom. The molecule has 1 amide bonds. The Hall–Kier alpha value is -1.60. The van der Waals surface area contributed by atoms with Crippen LogP contribution in [0.3, 0.4) is 0 Å². The lowest BCUT2D eigenvalue weighted by atomic mass is 9.94.